The van der Waals surface area contributed by atoms with E-state index in [4.69, 9.17) is 9.98 Å². The van der Waals surface area contributed by atoms with Gasteiger partial charge in [-0.3, -0.25) is 0 Å². The number of nitrogens with zero attached hydrogens (tertiary/aromatic N) is 3. The van der Waals surface area contributed by atoms with E-state index in [9.17, 15) is 0 Å². The zero-order chi connectivity index (χ0) is 39.6. The van der Waals surface area contributed by atoms with Crippen LogP contribution in [0.5, 0.6) is 0 Å². The van der Waals surface area contributed by atoms with Gasteiger partial charge < -0.3 is 9.88 Å². The van der Waals surface area contributed by atoms with Crippen molar-refractivity contribution in [1.29, 1.82) is 0 Å². The molecule has 1 aliphatic heterocycles. The molecule has 10 aromatic rings. The van der Waals surface area contributed by atoms with E-state index in [1.807, 2.05) is 36.4 Å². The first-order chi connectivity index (χ1) is 29.8. The average Bonchev–Trinajstić information content (AvgIpc) is 3.83. The van der Waals surface area contributed by atoms with Gasteiger partial charge in [0.05, 0.1) is 16.4 Å². The minimum Gasteiger partial charge on any atom is -0.324 e. The topological polar surface area (TPSA) is 41.7 Å². The van der Waals surface area contributed by atoms with Crippen LogP contribution < -0.4 is 5.32 Å². The van der Waals surface area contributed by atoms with Gasteiger partial charge in [-0.15, -0.1) is 0 Å². The summed E-state index contributed by atoms with van der Waals surface area (Å²) in [6.45, 7) is 0. The number of fused-ring (bicyclic) bond motifs is 8. The van der Waals surface area contributed by atoms with E-state index >= 15 is 0 Å². The SMILES string of the molecule is c1ccc(C2=NC(c3ccccc3)N=C(c3ccc(-n4c5cc(C6(c7ccccc7)c7ccccc7-c7ccccc76)ccc5c5ccc6ccccc6c54)cc3)N2)cc1. The lowest BCUT2D eigenvalue weighted by Crippen LogP contribution is -2.36. The number of hydrogen-bond acceptors (Lipinski definition) is 3. The minimum atomic E-state index is -0.506. The standard InChI is InChI=1S/C56H38N4/c1-4-17-38(18-5-1)53-57-54(39-19-6-2-7-20-39)59-55(58-53)40-28-32-43(33-29-40)60-51-36-42(31-35-47(51)48-34-30-37-16-10-11-23-44(37)52(48)60)56(41-21-8-3-9-22-41)49-26-14-12-24-45(49)46-25-13-15-27-50(46)56/h1-36,53H,(H,57,58,59). The second-order valence-corrected chi connectivity index (χ2v) is 15.7. The molecule has 1 unspecified atom stereocenters. The lowest BCUT2D eigenvalue weighted by atomic mass is 9.67. The molecule has 1 aliphatic carbocycles. The van der Waals surface area contributed by atoms with E-state index < -0.39 is 5.41 Å². The summed E-state index contributed by atoms with van der Waals surface area (Å²) in [6, 6.07) is 79.0. The number of amidine groups is 2. The molecule has 4 nitrogen and oxygen atoms in total. The Hall–Kier alpha value is -7.82. The van der Waals surface area contributed by atoms with E-state index in [-0.39, 0.29) is 6.17 Å². The van der Waals surface area contributed by atoms with Gasteiger partial charge in [-0.25, -0.2) is 9.98 Å². The van der Waals surface area contributed by atoms with Crippen LogP contribution in [-0.2, 0) is 5.41 Å². The van der Waals surface area contributed by atoms with Crippen LogP contribution >= 0.6 is 0 Å². The summed E-state index contributed by atoms with van der Waals surface area (Å²) in [4.78, 5) is 10.2. The zero-order valence-corrected chi connectivity index (χ0v) is 32.7. The Morgan fingerprint density at radius 1 is 0.433 bits per heavy atom. The maximum atomic E-state index is 5.17. The molecular formula is C56H38N4. The van der Waals surface area contributed by atoms with Gasteiger partial charge in [-0.05, 0) is 74.7 Å². The summed E-state index contributed by atoms with van der Waals surface area (Å²) in [7, 11) is 0. The van der Waals surface area contributed by atoms with Gasteiger partial charge in [0.25, 0.3) is 0 Å². The molecule has 9 aromatic carbocycles. The third kappa shape index (κ3) is 5.17. The maximum absolute atomic E-state index is 5.17. The quantitative estimate of drug-likeness (QED) is 0.180. The molecule has 0 fully saturated rings. The predicted molar refractivity (Wildman–Crippen MR) is 247 cm³/mol. The van der Waals surface area contributed by atoms with E-state index in [1.54, 1.807) is 0 Å². The Balaban J connectivity index is 1.07. The van der Waals surface area contributed by atoms with E-state index in [0.717, 1.165) is 34.0 Å². The van der Waals surface area contributed by atoms with Crippen LogP contribution in [0.15, 0.2) is 228 Å². The van der Waals surface area contributed by atoms with Gasteiger partial charge in [0, 0.05) is 33.0 Å². The minimum absolute atomic E-state index is 0.359. The molecule has 282 valence electrons. The van der Waals surface area contributed by atoms with Gasteiger partial charge >= 0.3 is 0 Å². The van der Waals surface area contributed by atoms with Crippen LogP contribution in [0.1, 0.15) is 45.1 Å². The largest absolute Gasteiger partial charge is 0.324 e. The number of aliphatic imine (C=N–C) groups is 2. The van der Waals surface area contributed by atoms with Crippen LogP contribution in [0.2, 0.25) is 0 Å². The number of aromatic nitrogens is 1. The van der Waals surface area contributed by atoms with Gasteiger partial charge in [0.2, 0.25) is 0 Å². The summed E-state index contributed by atoms with van der Waals surface area (Å²) < 4.78 is 2.48. The lowest BCUT2D eigenvalue weighted by Gasteiger charge is -2.34. The Morgan fingerprint density at radius 3 is 1.70 bits per heavy atom. The highest BCUT2D eigenvalue weighted by Crippen LogP contribution is 2.56. The molecule has 0 saturated heterocycles. The highest BCUT2D eigenvalue weighted by atomic mass is 15.2. The van der Waals surface area contributed by atoms with Crippen molar-refractivity contribution in [2.24, 2.45) is 9.98 Å². The molecule has 0 saturated carbocycles. The zero-order valence-electron chi connectivity index (χ0n) is 32.7. The summed E-state index contributed by atoms with van der Waals surface area (Å²) in [5, 5.41) is 8.48. The fourth-order valence-corrected chi connectivity index (χ4v) is 9.87. The van der Waals surface area contributed by atoms with Crippen molar-refractivity contribution in [3.05, 3.63) is 257 Å². The van der Waals surface area contributed by atoms with E-state index in [2.05, 4.69) is 192 Å². The summed E-state index contributed by atoms with van der Waals surface area (Å²) in [5.41, 5.74) is 13.7. The Bertz CT molecular complexity index is 3280. The number of hydrogen-bond donors (Lipinski definition) is 1. The molecule has 0 radical (unpaired) electrons. The summed E-state index contributed by atoms with van der Waals surface area (Å²) in [6.07, 6.45) is -0.359. The number of benzene rings is 9. The van der Waals surface area contributed by atoms with Crippen molar-refractivity contribution in [3.8, 4) is 16.8 Å². The molecule has 2 heterocycles. The Morgan fingerprint density at radius 2 is 1.00 bits per heavy atom. The van der Waals surface area contributed by atoms with Crippen molar-refractivity contribution < 1.29 is 0 Å². The van der Waals surface area contributed by atoms with Gasteiger partial charge in [-0.1, -0.05) is 188 Å². The summed E-state index contributed by atoms with van der Waals surface area (Å²) in [5.74, 6) is 1.60. The molecular weight excluding hydrogens is 729 g/mol. The van der Waals surface area contributed by atoms with Crippen molar-refractivity contribution in [2.45, 2.75) is 11.6 Å². The molecule has 0 bridgehead atoms. The first-order valence-electron chi connectivity index (χ1n) is 20.6. The number of rotatable bonds is 6. The predicted octanol–water partition coefficient (Wildman–Crippen LogP) is 12.8. The van der Waals surface area contributed by atoms with Crippen LogP contribution in [0.4, 0.5) is 0 Å². The first kappa shape index (κ1) is 34.2. The Labute approximate surface area is 348 Å². The second-order valence-electron chi connectivity index (χ2n) is 15.7. The smallest absolute Gasteiger partial charge is 0.169 e. The third-order valence-corrected chi connectivity index (χ3v) is 12.5. The molecule has 2 aliphatic rings. The molecule has 1 aromatic heterocycles. The molecule has 1 N–H and O–H groups in total. The Kier molecular flexibility index (Phi) is 7.79. The maximum Gasteiger partial charge on any atom is 0.169 e. The highest BCUT2D eigenvalue weighted by molar-refractivity contribution is 6.19. The fourth-order valence-electron chi connectivity index (χ4n) is 9.87. The van der Waals surface area contributed by atoms with Crippen LogP contribution in [0.3, 0.4) is 0 Å². The molecule has 4 heteroatoms. The molecule has 12 rings (SSSR count). The van der Waals surface area contributed by atoms with Crippen LogP contribution in [0.25, 0.3) is 49.4 Å². The van der Waals surface area contributed by atoms with Crippen molar-refractivity contribution in [3.63, 3.8) is 0 Å². The van der Waals surface area contributed by atoms with Crippen molar-refractivity contribution >= 4 is 44.2 Å². The molecule has 0 spiro atoms. The van der Waals surface area contributed by atoms with Gasteiger partial charge in [-0.2, -0.15) is 0 Å². The van der Waals surface area contributed by atoms with Crippen LogP contribution in [0, 0.1) is 0 Å². The molecule has 60 heavy (non-hydrogen) atoms. The number of nitrogens with one attached hydrogen (secondary N) is 1. The highest BCUT2D eigenvalue weighted by Gasteiger charge is 2.46. The average molecular weight is 767 g/mol. The fraction of sp³-hybridized carbons (Fsp3) is 0.0357. The van der Waals surface area contributed by atoms with Gasteiger partial charge in [0.15, 0.2) is 6.17 Å². The third-order valence-electron chi connectivity index (χ3n) is 12.5. The lowest BCUT2D eigenvalue weighted by molar-refractivity contribution is 0.756. The van der Waals surface area contributed by atoms with Crippen LogP contribution in [-0.4, -0.2) is 16.2 Å². The molecule has 1 atom stereocenters. The summed E-state index contributed by atoms with van der Waals surface area (Å²) >= 11 is 0. The van der Waals surface area contributed by atoms with E-state index in [0.29, 0.717) is 0 Å². The second kappa shape index (κ2) is 13.6. The van der Waals surface area contributed by atoms with Gasteiger partial charge in [0.1, 0.15) is 11.7 Å². The van der Waals surface area contributed by atoms with Crippen molar-refractivity contribution in [1.82, 2.24) is 9.88 Å². The first-order valence-corrected chi connectivity index (χ1v) is 20.6. The monoisotopic (exact) mass is 766 g/mol. The van der Waals surface area contributed by atoms with Crippen molar-refractivity contribution in [2.75, 3.05) is 0 Å². The van der Waals surface area contributed by atoms with E-state index in [1.165, 1.54) is 66.0 Å². The molecule has 0 amide bonds. The normalized spacial score (nSPS) is 15.3.